The third-order valence-electron chi connectivity index (χ3n) is 2.63. The summed E-state index contributed by atoms with van der Waals surface area (Å²) >= 11 is 0. The zero-order chi connectivity index (χ0) is 15.7. The molecule has 1 aromatic carbocycles. The van der Waals surface area contributed by atoms with Gasteiger partial charge in [-0.25, -0.2) is 0 Å². The fourth-order valence-corrected chi connectivity index (χ4v) is 1.57. The molecule has 0 fully saturated rings. The molecule has 0 aromatic heterocycles. The van der Waals surface area contributed by atoms with E-state index in [0.29, 0.717) is 59.4 Å². The first-order chi connectivity index (χ1) is 10.9. The third kappa shape index (κ3) is 11.1. The third-order valence-corrected chi connectivity index (χ3v) is 2.63. The molecule has 7 heteroatoms. The number of rotatable bonds is 14. The molecule has 0 saturated heterocycles. The van der Waals surface area contributed by atoms with Crippen molar-refractivity contribution >= 4 is 0 Å². The number of hydrogen-bond acceptors (Lipinski definition) is 5. The first-order valence-electron chi connectivity index (χ1n) is 7.29. The van der Waals surface area contributed by atoms with Crippen molar-refractivity contribution in [1.82, 2.24) is 0 Å². The van der Waals surface area contributed by atoms with Crippen molar-refractivity contribution < 1.29 is 18.9 Å². The Hall–Kier alpha value is -1.63. The molecule has 122 valence electrons. The molecule has 0 unspecified atom stereocenters. The van der Waals surface area contributed by atoms with E-state index in [1.54, 1.807) is 0 Å². The fourth-order valence-electron chi connectivity index (χ4n) is 1.57. The van der Waals surface area contributed by atoms with Crippen molar-refractivity contribution in [2.24, 2.45) is 5.11 Å². The van der Waals surface area contributed by atoms with Gasteiger partial charge in [-0.05, 0) is 11.1 Å². The van der Waals surface area contributed by atoms with Gasteiger partial charge in [0.05, 0.1) is 52.9 Å². The Morgan fingerprint density at radius 1 is 0.773 bits per heavy atom. The lowest BCUT2D eigenvalue weighted by Crippen LogP contribution is -2.12. The average Bonchev–Trinajstić information content (AvgIpc) is 2.56. The van der Waals surface area contributed by atoms with Crippen molar-refractivity contribution in [3.05, 3.63) is 46.3 Å². The van der Waals surface area contributed by atoms with Crippen LogP contribution in [-0.2, 0) is 25.6 Å². The summed E-state index contributed by atoms with van der Waals surface area (Å²) in [5.74, 6) is 0. The summed E-state index contributed by atoms with van der Waals surface area (Å²) in [4.78, 5) is 2.63. The minimum Gasteiger partial charge on any atom is -0.379 e. The molecule has 0 aliphatic heterocycles. The van der Waals surface area contributed by atoms with Gasteiger partial charge in [-0.1, -0.05) is 35.4 Å². The largest absolute Gasteiger partial charge is 0.379 e. The van der Waals surface area contributed by atoms with Gasteiger partial charge in [0.15, 0.2) is 0 Å². The van der Waals surface area contributed by atoms with Gasteiger partial charge in [-0.15, -0.1) is 0 Å². The van der Waals surface area contributed by atoms with Gasteiger partial charge < -0.3 is 18.9 Å². The first-order valence-corrected chi connectivity index (χ1v) is 7.29. The van der Waals surface area contributed by atoms with E-state index in [9.17, 15) is 0 Å². The van der Waals surface area contributed by atoms with Gasteiger partial charge in [0.25, 0.3) is 0 Å². The molecule has 0 N–H and O–H groups in total. The van der Waals surface area contributed by atoms with Crippen LogP contribution in [0, 0.1) is 0 Å². The SMILES string of the molecule is [N-]=[N+]=NCCOCCOCCOCCOCc1ccccc1. The Morgan fingerprint density at radius 3 is 1.91 bits per heavy atom. The normalized spacial score (nSPS) is 10.4. The molecule has 1 aromatic rings. The van der Waals surface area contributed by atoms with Crippen molar-refractivity contribution in [2.75, 3.05) is 52.8 Å². The van der Waals surface area contributed by atoms with E-state index in [1.165, 1.54) is 0 Å². The van der Waals surface area contributed by atoms with Gasteiger partial charge >= 0.3 is 0 Å². The summed E-state index contributed by atoms with van der Waals surface area (Å²) in [5.41, 5.74) is 9.22. The van der Waals surface area contributed by atoms with Gasteiger partial charge in [0.2, 0.25) is 0 Å². The van der Waals surface area contributed by atoms with Crippen LogP contribution >= 0.6 is 0 Å². The second-order valence-corrected chi connectivity index (χ2v) is 4.33. The predicted molar refractivity (Wildman–Crippen MR) is 82.6 cm³/mol. The van der Waals surface area contributed by atoms with E-state index in [1.807, 2.05) is 30.3 Å². The topological polar surface area (TPSA) is 85.7 Å². The summed E-state index contributed by atoms with van der Waals surface area (Å²) in [6, 6.07) is 10.0. The molecule has 0 aliphatic rings. The molecule has 0 bridgehead atoms. The van der Waals surface area contributed by atoms with E-state index in [-0.39, 0.29) is 0 Å². The summed E-state index contributed by atoms with van der Waals surface area (Å²) in [6.45, 7) is 4.55. The average molecular weight is 309 g/mol. The number of hydrogen-bond donors (Lipinski definition) is 0. The highest BCUT2D eigenvalue weighted by Crippen LogP contribution is 1.99. The smallest absolute Gasteiger partial charge is 0.0718 e. The van der Waals surface area contributed by atoms with Gasteiger partial charge in [0, 0.05) is 11.5 Å². The van der Waals surface area contributed by atoms with Crippen molar-refractivity contribution in [1.29, 1.82) is 0 Å². The molecule has 0 atom stereocenters. The lowest BCUT2D eigenvalue weighted by Gasteiger charge is -2.07. The molecule has 0 spiro atoms. The van der Waals surface area contributed by atoms with Crippen LogP contribution in [0.25, 0.3) is 10.4 Å². The lowest BCUT2D eigenvalue weighted by atomic mass is 10.2. The molecule has 0 heterocycles. The molecular formula is C15H23N3O4. The van der Waals surface area contributed by atoms with Crippen LogP contribution in [-0.4, -0.2) is 52.8 Å². The van der Waals surface area contributed by atoms with Crippen molar-refractivity contribution in [3.8, 4) is 0 Å². The van der Waals surface area contributed by atoms with Gasteiger partial charge in [-0.3, -0.25) is 0 Å². The Bertz CT molecular complexity index is 411. The summed E-state index contributed by atoms with van der Waals surface area (Å²) in [7, 11) is 0. The monoisotopic (exact) mass is 309 g/mol. The zero-order valence-electron chi connectivity index (χ0n) is 12.7. The summed E-state index contributed by atoms with van der Waals surface area (Å²) in [6.07, 6.45) is 0. The van der Waals surface area contributed by atoms with Crippen LogP contribution in [0.5, 0.6) is 0 Å². The van der Waals surface area contributed by atoms with E-state index in [2.05, 4.69) is 10.0 Å². The van der Waals surface area contributed by atoms with E-state index in [0.717, 1.165) is 5.56 Å². The summed E-state index contributed by atoms with van der Waals surface area (Å²) < 4.78 is 21.4. The van der Waals surface area contributed by atoms with Crippen LogP contribution in [0.1, 0.15) is 5.56 Å². The number of azide groups is 1. The van der Waals surface area contributed by atoms with E-state index in [4.69, 9.17) is 24.5 Å². The highest BCUT2D eigenvalue weighted by Gasteiger charge is 1.94. The zero-order valence-corrected chi connectivity index (χ0v) is 12.7. The van der Waals surface area contributed by atoms with Crippen molar-refractivity contribution in [3.63, 3.8) is 0 Å². The molecule has 1 rings (SSSR count). The molecule has 0 aliphatic carbocycles. The molecule has 0 amide bonds. The Balaban J connectivity index is 1.76. The highest BCUT2D eigenvalue weighted by molar-refractivity contribution is 5.13. The minimum absolute atomic E-state index is 0.350. The second kappa shape index (κ2) is 14.3. The fraction of sp³-hybridized carbons (Fsp3) is 0.600. The quantitative estimate of drug-likeness (QED) is 0.229. The van der Waals surface area contributed by atoms with Crippen LogP contribution in [0.15, 0.2) is 35.4 Å². The van der Waals surface area contributed by atoms with Crippen LogP contribution in [0.2, 0.25) is 0 Å². The Morgan fingerprint density at radius 2 is 1.32 bits per heavy atom. The standard InChI is InChI=1S/C15H23N3O4/c16-18-17-6-7-19-8-9-20-10-11-21-12-13-22-14-15-4-2-1-3-5-15/h1-5H,6-14H2. The Kier molecular flexibility index (Phi) is 12.0. The second-order valence-electron chi connectivity index (χ2n) is 4.33. The highest BCUT2D eigenvalue weighted by atomic mass is 16.6. The number of benzene rings is 1. The van der Waals surface area contributed by atoms with Gasteiger partial charge in [0.1, 0.15) is 0 Å². The molecule has 0 radical (unpaired) electrons. The molecule has 22 heavy (non-hydrogen) atoms. The maximum absolute atomic E-state index is 8.06. The van der Waals surface area contributed by atoms with E-state index >= 15 is 0 Å². The first kappa shape index (κ1) is 18.4. The summed E-state index contributed by atoms with van der Waals surface area (Å²) in [5, 5.41) is 3.36. The predicted octanol–water partition coefficient (Wildman–Crippen LogP) is 2.56. The lowest BCUT2D eigenvalue weighted by molar-refractivity contribution is -0.00334. The van der Waals surface area contributed by atoms with Crippen LogP contribution in [0.3, 0.4) is 0 Å². The Labute approximate surface area is 130 Å². The molecule has 0 saturated carbocycles. The maximum Gasteiger partial charge on any atom is 0.0718 e. The van der Waals surface area contributed by atoms with Crippen molar-refractivity contribution in [2.45, 2.75) is 6.61 Å². The van der Waals surface area contributed by atoms with Gasteiger partial charge in [-0.2, -0.15) is 0 Å². The maximum atomic E-state index is 8.06. The minimum atomic E-state index is 0.350. The number of ether oxygens (including phenoxy) is 4. The van der Waals surface area contributed by atoms with Crippen LogP contribution < -0.4 is 0 Å². The molecule has 7 nitrogen and oxygen atoms in total. The number of nitrogens with zero attached hydrogens (tertiary/aromatic N) is 3. The van der Waals surface area contributed by atoms with Crippen LogP contribution in [0.4, 0.5) is 0 Å². The molecular weight excluding hydrogens is 286 g/mol. The van der Waals surface area contributed by atoms with E-state index < -0.39 is 0 Å².